The normalized spacial score (nSPS) is 13.8. The van der Waals surface area contributed by atoms with E-state index in [-0.39, 0.29) is 9.43 Å². The molecule has 1 aromatic rings. The van der Waals surface area contributed by atoms with Crippen LogP contribution in [0, 0.1) is 12.3 Å². The van der Waals surface area contributed by atoms with E-state index in [2.05, 4.69) is 72.7 Å². The standard InChI is InChI=1S/C25H40ClIN/c1-4-7-9-11-16-20-28(25(27)6-3,21-17-12-10-8-5-2)22-24(26)23-18-14-13-15-19-23/h3,13-15,18-19,24-25H,4-5,7-12,16-17,20-22H2,1-2H3/q+1. The van der Waals surface area contributed by atoms with Crippen LogP contribution in [0.25, 0.3) is 0 Å². The smallest absolute Gasteiger partial charge is 0.200 e. The van der Waals surface area contributed by atoms with Crippen molar-refractivity contribution in [1.29, 1.82) is 0 Å². The Hall–Kier alpha value is -0.240. The van der Waals surface area contributed by atoms with Crippen molar-refractivity contribution in [2.75, 3.05) is 19.6 Å². The average molecular weight is 517 g/mol. The first kappa shape index (κ1) is 25.8. The SMILES string of the molecule is C#CC(I)[N+](CCCCCCC)(CCCCCCC)CC(Cl)c1ccccc1. The largest absolute Gasteiger partial charge is 0.301 e. The predicted molar refractivity (Wildman–Crippen MR) is 134 cm³/mol. The Bertz CT molecular complexity index is 525. The molecule has 1 nitrogen and oxygen atoms in total. The van der Waals surface area contributed by atoms with Crippen molar-refractivity contribution in [3.63, 3.8) is 0 Å². The molecule has 0 aromatic heterocycles. The maximum Gasteiger partial charge on any atom is 0.200 e. The van der Waals surface area contributed by atoms with Crippen molar-refractivity contribution < 1.29 is 4.48 Å². The minimum Gasteiger partial charge on any atom is -0.301 e. The van der Waals surface area contributed by atoms with Gasteiger partial charge in [-0.1, -0.05) is 82.7 Å². The summed E-state index contributed by atoms with van der Waals surface area (Å²) in [4.78, 5) is 0. The fourth-order valence-corrected chi connectivity index (χ4v) is 5.12. The van der Waals surface area contributed by atoms with Crippen molar-refractivity contribution >= 4 is 34.2 Å². The predicted octanol–water partition coefficient (Wildman–Crippen LogP) is 8.12. The van der Waals surface area contributed by atoms with Gasteiger partial charge in [-0.2, -0.15) is 0 Å². The molecule has 2 atom stereocenters. The van der Waals surface area contributed by atoms with Gasteiger partial charge in [-0.3, -0.25) is 0 Å². The number of rotatable bonds is 16. The number of unbranched alkanes of at least 4 members (excludes halogenated alkanes) is 8. The molecule has 0 amide bonds. The molecule has 0 aliphatic rings. The lowest BCUT2D eigenvalue weighted by Crippen LogP contribution is -2.55. The highest BCUT2D eigenvalue weighted by atomic mass is 127. The third-order valence-corrected chi connectivity index (χ3v) is 7.65. The van der Waals surface area contributed by atoms with E-state index in [0.29, 0.717) is 0 Å². The summed E-state index contributed by atoms with van der Waals surface area (Å²) >= 11 is 9.42. The zero-order chi connectivity index (χ0) is 20.7. The van der Waals surface area contributed by atoms with Crippen molar-refractivity contribution in [2.24, 2.45) is 0 Å². The molecule has 0 bridgehead atoms. The van der Waals surface area contributed by atoms with Crippen LogP contribution in [0.2, 0.25) is 0 Å². The number of quaternary nitrogens is 1. The molecule has 158 valence electrons. The molecule has 0 saturated heterocycles. The minimum atomic E-state index is 0.0121. The van der Waals surface area contributed by atoms with Gasteiger partial charge in [0, 0.05) is 22.6 Å². The topological polar surface area (TPSA) is 0 Å². The van der Waals surface area contributed by atoms with E-state index in [1.807, 2.05) is 0 Å². The Morgan fingerprint density at radius 2 is 1.39 bits per heavy atom. The Kier molecular flexibility index (Phi) is 14.4. The third-order valence-electron chi connectivity index (χ3n) is 5.72. The molecular weight excluding hydrogens is 477 g/mol. The highest BCUT2D eigenvalue weighted by Crippen LogP contribution is 2.31. The molecule has 0 spiro atoms. The number of nitrogens with zero attached hydrogens (tertiary/aromatic N) is 1. The highest BCUT2D eigenvalue weighted by molar-refractivity contribution is 14.1. The third kappa shape index (κ3) is 9.51. The summed E-state index contributed by atoms with van der Waals surface area (Å²) in [7, 11) is 0. The van der Waals surface area contributed by atoms with Gasteiger partial charge in [-0.15, -0.1) is 18.0 Å². The van der Waals surface area contributed by atoms with E-state index in [1.165, 1.54) is 69.8 Å². The summed E-state index contributed by atoms with van der Waals surface area (Å²) in [5, 5.41) is 0.0121. The molecular formula is C25H40ClIN+. The Morgan fingerprint density at radius 3 is 1.86 bits per heavy atom. The summed E-state index contributed by atoms with van der Waals surface area (Å²) in [6.45, 7) is 7.75. The first-order chi connectivity index (χ1) is 13.6. The highest BCUT2D eigenvalue weighted by Gasteiger charge is 2.36. The fourth-order valence-electron chi connectivity index (χ4n) is 3.92. The molecule has 0 heterocycles. The Labute approximate surface area is 193 Å². The number of halogens is 2. The summed E-state index contributed by atoms with van der Waals surface area (Å²) in [6, 6.07) is 10.5. The van der Waals surface area contributed by atoms with E-state index >= 15 is 0 Å². The van der Waals surface area contributed by atoms with Gasteiger partial charge in [0.15, 0.2) is 0 Å². The molecule has 1 rings (SSSR count). The van der Waals surface area contributed by atoms with E-state index in [4.69, 9.17) is 18.0 Å². The van der Waals surface area contributed by atoms with Crippen molar-refractivity contribution in [2.45, 2.75) is 87.5 Å². The quantitative estimate of drug-likeness (QED) is 0.0519. The zero-order valence-corrected chi connectivity index (χ0v) is 20.9. The van der Waals surface area contributed by atoms with Gasteiger partial charge in [0.2, 0.25) is 4.05 Å². The second-order valence-corrected chi connectivity index (χ2v) is 9.76. The van der Waals surface area contributed by atoms with Gasteiger partial charge in [0.05, 0.1) is 13.1 Å². The summed E-state index contributed by atoms with van der Waals surface area (Å²) in [5.41, 5.74) is 1.21. The first-order valence-electron chi connectivity index (χ1n) is 11.2. The van der Waals surface area contributed by atoms with Crippen LogP contribution in [0.1, 0.15) is 89.0 Å². The van der Waals surface area contributed by atoms with Crippen LogP contribution < -0.4 is 0 Å². The fraction of sp³-hybridized carbons (Fsp3) is 0.680. The maximum atomic E-state index is 6.93. The second-order valence-electron chi connectivity index (χ2n) is 8.06. The molecule has 0 N–H and O–H groups in total. The summed E-state index contributed by atoms with van der Waals surface area (Å²) < 4.78 is 1.14. The number of hydrogen-bond donors (Lipinski definition) is 0. The van der Waals surface area contributed by atoms with Gasteiger partial charge in [0.1, 0.15) is 11.9 Å². The van der Waals surface area contributed by atoms with Gasteiger partial charge < -0.3 is 4.48 Å². The number of hydrogen-bond acceptors (Lipinski definition) is 0. The van der Waals surface area contributed by atoms with Crippen LogP contribution in [0.15, 0.2) is 30.3 Å². The zero-order valence-electron chi connectivity index (χ0n) is 18.0. The molecule has 0 radical (unpaired) electrons. The Balaban J connectivity index is 2.86. The number of alkyl halides is 2. The van der Waals surface area contributed by atoms with Gasteiger partial charge in [0.25, 0.3) is 0 Å². The first-order valence-corrected chi connectivity index (χ1v) is 12.9. The average Bonchev–Trinajstić information content (AvgIpc) is 2.73. The van der Waals surface area contributed by atoms with E-state index in [9.17, 15) is 0 Å². The van der Waals surface area contributed by atoms with Gasteiger partial charge >= 0.3 is 0 Å². The van der Waals surface area contributed by atoms with E-state index in [1.54, 1.807) is 0 Å². The molecule has 3 heteroatoms. The van der Waals surface area contributed by atoms with Crippen molar-refractivity contribution in [1.82, 2.24) is 0 Å². The van der Waals surface area contributed by atoms with E-state index < -0.39 is 0 Å². The van der Waals surface area contributed by atoms with Gasteiger partial charge in [-0.05, 0) is 37.2 Å². The maximum absolute atomic E-state index is 6.93. The molecule has 1 aromatic carbocycles. The van der Waals surface area contributed by atoms with Crippen LogP contribution in [0.5, 0.6) is 0 Å². The van der Waals surface area contributed by atoms with Crippen LogP contribution in [0.3, 0.4) is 0 Å². The monoisotopic (exact) mass is 516 g/mol. The molecule has 28 heavy (non-hydrogen) atoms. The molecule has 0 aliphatic heterocycles. The molecule has 0 aliphatic carbocycles. The minimum absolute atomic E-state index is 0.0121. The number of benzene rings is 1. The number of terminal acetylenes is 1. The lowest BCUT2D eigenvalue weighted by Gasteiger charge is -2.42. The van der Waals surface area contributed by atoms with Crippen LogP contribution in [-0.2, 0) is 0 Å². The lowest BCUT2D eigenvalue weighted by molar-refractivity contribution is -0.927. The van der Waals surface area contributed by atoms with Crippen molar-refractivity contribution in [3.8, 4) is 12.3 Å². The molecule has 2 unspecified atom stereocenters. The second kappa shape index (κ2) is 15.6. The summed E-state index contributed by atoms with van der Waals surface area (Å²) in [6.07, 6.45) is 19.0. The van der Waals surface area contributed by atoms with Crippen molar-refractivity contribution in [3.05, 3.63) is 35.9 Å². The van der Waals surface area contributed by atoms with E-state index in [0.717, 1.165) is 24.1 Å². The molecule has 0 fully saturated rings. The summed E-state index contributed by atoms with van der Waals surface area (Å²) in [5.74, 6) is 3.07. The van der Waals surface area contributed by atoms with Crippen LogP contribution in [0.4, 0.5) is 0 Å². The van der Waals surface area contributed by atoms with Crippen LogP contribution >= 0.6 is 34.2 Å². The lowest BCUT2D eigenvalue weighted by atomic mass is 10.1. The molecule has 0 saturated carbocycles. The van der Waals surface area contributed by atoms with Crippen LogP contribution in [-0.4, -0.2) is 28.2 Å². The Morgan fingerprint density at radius 1 is 0.893 bits per heavy atom. The van der Waals surface area contributed by atoms with Gasteiger partial charge in [-0.25, -0.2) is 0 Å².